The third-order valence-corrected chi connectivity index (χ3v) is 2.20. The van der Waals surface area contributed by atoms with E-state index in [2.05, 4.69) is 16.5 Å². The summed E-state index contributed by atoms with van der Waals surface area (Å²) in [6.07, 6.45) is 5.89. The Labute approximate surface area is 74.6 Å². The monoisotopic (exact) mass is 166 g/mol. The molecule has 2 heteroatoms. The van der Waals surface area contributed by atoms with Crippen LogP contribution in [0.25, 0.3) is 0 Å². The van der Waals surface area contributed by atoms with Crippen LogP contribution in [-0.4, -0.2) is 9.55 Å². The van der Waals surface area contributed by atoms with Crippen LogP contribution in [-0.2, 0) is 13.0 Å². The molecule has 0 radical (unpaired) electrons. The number of fused-ring (bicyclic) bond motifs is 1. The van der Waals surface area contributed by atoms with E-state index in [9.17, 15) is 0 Å². The lowest BCUT2D eigenvalue weighted by Gasteiger charge is -2.14. The van der Waals surface area contributed by atoms with Crippen LogP contribution in [0.3, 0.4) is 0 Å². The minimum Gasteiger partial charge on any atom is -0.332 e. The highest BCUT2D eigenvalue weighted by Crippen LogP contribution is 2.15. The lowest BCUT2D eigenvalue weighted by Crippen LogP contribution is -2.10. The van der Waals surface area contributed by atoms with Crippen molar-refractivity contribution in [3.8, 4) is 0 Å². The Hall–Kier alpha value is -0.790. The van der Waals surface area contributed by atoms with Gasteiger partial charge in [0.1, 0.15) is 5.82 Å². The predicted octanol–water partition coefficient (Wildman–Crippen LogP) is 2.55. The van der Waals surface area contributed by atoms with Crippen molar-refractivity contribution in [2.24, 2.45) is 0 Å². The first-order valence-corrected chi connectivity index (χ1v) is 4.89. The van der Waals surface area contributed by atoms with Crippen molar-refractivity contribution in [3.63, 3.8) is 0 Å². The Balaban J connectivity index is 0.000000336. The Morgan fingerprint density at radius 2 is 2.08 bits per heavy atom. The van der Waals surface area contributed by atoms with E-state index in [1.54, 1.807) is 0 Å². The molecule has 2 rings (SSSR count). The first-order chi connectivity index (χ1) is 5.88. The van der Waals surface area contributed by atoms with Crippen LogP contribution in [0.5, 0.6) is 0 Å². The summed E-state index contributed by atoms with van der Waals surface area (Å²) in [5.74, 6) is 1.18. The first kappa shape index (κ1) is 9.30. The molecule has 0 fully saturated rings. The molecule has 2 heterocycles. The number of hydrogen-bond acceptors (Lipinski definition) is 1. The van der Waals surface area contributed by atoms with Crippen molar-refractivity contribution in [1.82, 2.24) is 9.55 Å². The average molecular weight is 166 g/mol. The van der Waals surface area contributed by atoms with E-state index in [-0.39, 0.29) is 0 Å². The summed E-state index contributed by atoms with van der Waals surface area (Å²) in [5.41, 5.74) is 1.42. The van der Waals surface area contributed by atoms with Gasteiger partial charge >= 0.3 is 0 Å². The fourth-order valence-corrected chi connectivity index (χ4v) is 1.60. The fourth-order valence-electron chi connectivity index (χ4n) is 1.60. The maximum absolute atomic E-state index is 4.26. The molecule has 0 saturated carbocycles. The van der Waals surface area contributed by atoms with Crippen molar-refractivity contribution in [2.75, 3.05) is 0 Å². The van der Waals surface area contributed by atoms with Gasteiger partial charge in [-0.1, -0.05) is 13.8 Å². The molecule has 2 nitrogen and oxygen atoms in total. The van der Waals surface area contributed by atoms with Crippen molar-refractivity contribution in [2.45, 2.75) is 46.6 Å². The Morgan fingerprint density at radius 1 is 1.33 bits per heavy atom. The van der Waals surface area contributed by atoms with Crippen molar-refractivity contribution in [1.29, 1.82) is 0 Å². The minimum atomic E-state index is 1.18. The third-order valence-electron chi connectivity index (χ3n) is 2.20. The second-order valence-corrected chi connectivity index (χ2v) is 2.91. The summed E-state index contributed by atoms with van der Waals surface area (Å²) in [5, 5.41) is 0. The molecule has 0 aromatic carbocycles. The second-order valence-electron chi connectivity index (χ2n) is 2.91. The molecular weight excluding hydrogens is 148 g/mol. The molecule has 0 atom stereocenters. The molecule has 1 aliphatic rings. The van der Waals surface area contributed by atoms with Crippen molar-refractivity contribution in [3.05, 3.63) is 17.7 Å². The highest BCUT2D eigenvalue weighted by atomic mass is 15.1. The van der Waals surface area contributed by atoms with Gasteiger partial charge in [-0.2, -0.15) is 0 Å². The second kappa shape index (κ2) is 4.29. The number of aryl methyl sites for hydroxylation is 2. The van der Waals surface area contributed by atoms with Crippen LogP contribution in [0.2, 0.25) is 0 Å². The SMILES string of the molecule is CC.Cc1ncc2n1CCCC2. The van der Waals surface area contributed by atoms with E-state index < -0.39 is 0 Å². The fraction of sp³-hybridized carbons (Fsp3) is 0.700. The normalized spacial score (nSPS) is 14.6. The number of imidazole rings is 1. The standard InChI is InChI=1S/C8H12N2.C2H6/c1-7-9-6-8-4-2-3-5-10(7)8;1-2/h6H,2-5H2,1H3;1-2H3. The summed E-state index contributed by atoms with van der Waals surface area (Å²) >= 11 is 0. The minimum absolute atomic E-state index is 1.18. The van der Waals surface area contributed by atoms with E-state index in [0.717, 1.165) is 0 Å². The Morgan fingerprint density at radius 3 is 2.75 bits per heavy atom. The van der Waals surface area contributed by atoms with E-state index in [1.807, 2.05) is 20.0 Å². The lowest BCUT2D eigenvalue weighted by molar-refractivity contribution is 0.522. The number of aromatic nitrogens is 2. The molecule has 68 valence electrons. The van der Waals surface area contributed by atoms with Crippen molar-refractivity contribution >= 4 is 0 Å². The number of nitrogens with zero attached hydrogens (tertiary/aromatic N) is 2. The van der Waals surface area contributed by atoms with Gasteiger partial charge in [0, 0.05) is 18.4 Å². The van der Waals surface area contributed by atoms with Crippen LogP contribution in [0.1, 0.15) is 38.2 Å². The third kappa shape index (κ3) is 1.68. The highest BCUT2D eigenvalue weighted by Gasteiger charge is 2.09. The van der Waals surface area contributed by atoms with Crippen molar-refractivity contribution < 1.29 is 0 Å². The first-order valence-electron chi connectivity index (χ1n) is 4.89. The average Bonchev–Trinajstić information content (AvgIpc) is 2.53. The molecule has 1 aliphatic heterocycles. The van der Waals surface area contributed by atoms with E-state index in [0.29, 0.717) is 0 Å². The van der Waals surface area contributed by atoms with Gasteiger partial charge in [-0.25, -0.2) is 4.98 Å². The van der Waals surface area contributed by atoms with Crippen LogP contribution in [0, 0.1) is 6.92 Å². The van der Waals surface area contributed by atoms with Crippen LogP contribution in [0.4, 0.5) is 0 Å². The highest BCUT2D eigenvalue weighted by molar-refractivity contribution is 5.06. The summed E-state index contributed by atoms with van der Waals surface area (Å²) in [6.45, 7) is 7.26. The van der Waals surface area contributed by atoms with E-state index in [1.165, 1.54) is 37.3 Å². The van der Waals surface area contributed by atoms with Crippen LogP contribution >= 0.6 is 0 Å². The summed E-state index contributed by atoms with van der Waals surface area (Å²) in [4.78, 5) is 4.26. The summed E-state index contributed by atoms with van der Waals surface area (Å²) < 4.78 is 2.32. The van der Waals surface area contributed by atoms with Gasteiger partial charge in [-0.3, -0.25) is 0 Å². The topological polar surface area (TPSA) is 17.8 Å². The maximum Gasteiger partial charge on any atom is 0.105 e. The molecule has 12 heavy (non-hydrogen) atoms. The number of hydrogen-bond donors (Lipinski definition) is 0. The Bertz CT molecular complexity index is 238. The summed E-state index contributed by atoms with van der Waals surface area (Å²) in [7, 11) is 0. The molecular formula is C10H18N2. The van der Waals surface area contributed by atoms with Crippen LogP contribution < -0.4 is 0 Å². The van der Waals surface area contributed by atoms with Gasteiger partial charge < -0.3 is 4.57 Å². The van der Waals surface area contributed by atoms with E-state index in [4.69, 9.17) is 0 Å². The molecule has 1 aromatic rings. The summed E-state index contributed by atoms with van der Waals surface area (Å²) in [6, 6.07) is 0. The largest absolute Gasteiger partial charge is 0.332 e. The van der Waals surface area contributed by atoms with Gasteiger partial charge in [0.05, 0.1) is 0 Å². The molecule has 1 aromatic heterocycles. The maximum atomic E-state index is 4.26. The zero-order chi connectivity index (χ0) is 8.97. The number of rotatable bonds is 0. The van der Waals surface area contributed by atoms with Gasteiger partial charge in [0.2, 0.25) is 0 Å². The molecule has 0 amide bonds. The molecule has 0 spiro atoms. The molecule has 0 saturated heterocycles. The zero-order valence-corrected chi connectivity index (χ0v) is 8.30. The van der Waals surface area contributed by atoms with Crippen LogP contribution in [0.15, 0.2) is 6.20 Å². The van der Waals surface area contributed by atoms with Gasteiger partial charge in [0.25, 0.3) is 0 Å². The van der Waals surface area contributed by atoms with E-state index >= 15 is 0 Å². The quantitative estimate of drug-likeness (QED) is 0.579. The molecule has 0 bridgehead atoms. The molecule has 0 unspecified atom stereocenters. The van der Waals surface area contributed by atoms with Gasteiger partial charge in [-0.05, 0) is 26.2 Å². The predicted molar refractivity (Wildman–Crippen MR) is 51.3 cm³/mol. The van der Waals surface area contributed by atoms with Gasteiger partial charge in [-0.15, -0.1) is 0 Å². The van der Waals surface area contributed by atoms with Gasteiger partial charge in [0.15, 0.2) is 0 Å². The Kier molecular flexibility index (Phi) is 3.32. The molecule has 0 N–H and O–H groups in total. The molecule has 0 aliphatic carbocycles. The smallest absolute Gasteiger partial charge is 0.105 e. The zero-order valence-electron chi connectivity index (χ0n) is 8.30. The lowest BCUT2D eigenvalue weighted by atomic mass is 10.1.